The lowest BCUT2D eigenvalue weighted by Crippen LogP contribution is -2.30. The Morgan fingerprint density at radius 3 is 2.60 bits per heavy atom. The number of aryl methyl sites for hydroxylation is 3. The molecule has 0 aliphatic heterocycles. The van der Waals surface area contributed by atoms with Crippen LogP contribution in [0.1, 0.15) is 39.7 Å². The highest BCUT2D eigenvalue weighted by Crippen LogP contribution is 2.23. The molecule has 2 aromatic heterocycles. The van der Waals surface area contributed by atoms with Gasteiger partial charge in [-0.05, 0) is 49.1 Å². The zero-order valence-corrected chi connectivity index (χ0v) is 14.6. The molecule has 3 rings (SSSR count). The standard InChI is InChI=1S/C20H21N3O2/c1-13-6-7-16(9-14(13)2)20(17-5-4-8-21-12-17)22-19(24)11-18-10-15(3)23-25-18/h4-10,12,20H,11H2,1-3H3,(H,22,24)/t20-/m0/s1. The van der Waals surface area contributed by atoms with E-state index in [1.54, 1.807) is 18.5 Å². The summed E-state index contributed by atoms with van der Waals surface area (Å²) in [5, 5.41) is 6.91. The van der Waals surface area contributed by atoms with Crippen molar-refractivity contribution in [2.24, 2.45) is 0 Å². The highest BCUT2D eigenvalue weighted by molar-refractivity contribution is 5.79. The fourth-order valence-electron chi connectivity index (χ4n) is 2.72. The first kappa shape index (κ1) is 16.9. The van der Waals surface area contributed by atoms with Crippen LogP contribution in [0.4, 0.5) is 0 Å². The van der Waals surface area contributed by atoms with Crippen molar-refractivity contribution in [2.75, 3.05) is 0 Å². The van der Waals surface area contributed by atoms with Crippen molar-refractivity contribution < 1.29 is 9.32 Å². The topological polar surface area (TPSA) is 68.0 Å². The molecule has 128 valence electrons. The number of rotatable bonds is 5. The SMILES string of the molecule is Cc1cc(CC(=O)N[C@H](c2cccnc2)c2ccc(C)c(C)c2)on1. The van der Waals surface area contributed by atoms with Crippen molar-refractivity contribution in [2.45, 2.75) is 33.2 Å². The van der Waals surface area contributed by atoms with Crippen molar-refractivity contribution in [1.29, 1.82) is 0 Å². The third-order valence-electron chi connectivity index (χ3n) is 4.20. The van der Waals surface area contributed by atoms with E-state index < -0.39 is 0 Å². The molecule has 0 saturated heterocycles. The van der Waals surface area contributed by atoms with E-state index in [-0.39, 0.29) is 18.4 Å². The van der Waals surface area contributed by atoms with Crippen LogP contribution in [0.2, 0.25) is 0 Å². The minimum absolute atomic E-state index is 0.122. The van der Waals surface area contributed by atoms with Gasteiger partial charge in [0.2, 0.25) is 5.91 Å². The second kappa shape index (κ2) is 7.30. The Kier molecular flexibility index (Phi) is 4.93. The van der Waals surface area contributed by atoms with E-state index in [1.165, 1.54) is 11.1 Å². The second-order valence-electron chi connectivity index (χ2n) is 6.24. The molecule has 0 bridgehead atoms. The van der Waals surface area contributed by atoms with Gasteiger partial charge in [0.05, 0.1) is 18.2 Å². The fraction of sp³-hybridized carbons (Fsp3) is 0.250. The molecule has 2 heterocycles. The van der Waals surface area contributed by atoms with Gasteiger partial charge in [0.15, 0.2) is 0 Å². The monoisotopic (exact) mass is 335 g/mol. The molecule has 0 fully saturated rings. The summed E-state index contributed by atoms with van der Waals surface area (Å²) >= 11 is 0. The third kappa shape index (κ3) is 4.12. The van der Waals surface area contributed by atoms with Crippen molar-refractivity contribution in [1.82, 2.24) is 15.5 Å². The van der Waals surface area contributed by atoms with E-state index in [0.717, 1.165) is 16.8 Å². The minimum Gasteiger partial charge on any atom is -0.361 e. The first-order valence-corrected chi connectivity index (χ1v) is 8.21. The largest absolute Gasteiger partial charge is 0.361 e. The molecule has 1 amide bonds. The molecule has 3 aromatic rings. The molecule has 0 saturated carbocycles. The van der Waals surface area contributed by atoms with Crippen LogP contribution in [0.15, 0.2) is 53.3 Å². The van der Waals surface area contributed by atoms with Crippen LogP contribution in [-0.2, 0) is 11.2 Å². The molecule has 25 heavy (non-hydrogen) atoms. The fourth-order valence-corrected chi connectivity index (χ4v) is 2.72. The minimum atomic E-state index is -0.260. The van der Waals surface area contributed by atoms with E-state index in [2.05, 4.69) is 41.4 Å². The summed E-state index contributed by atoms with van der Waals surface area (Å²) in [5.74, 6) is 0.434. The first-order valence-electron chi connectivity index (χ1n) is 8.21. The van der Waals surface area contributed by atoms with E-state index >= 15 is 0 Å². The van der Waals surface area contributed by atoms with E-state index in [1.807, 2.05) is 25.1 Å². The maximum atomic E-state index is 12.5. The Morgan fingerprint density at radius 2 is 1.96 bits per heavy atom. The van der Waals surface area contributed by atoms with Gasteiger partial charge in [-0.3, -0.25) is 9.78 Å². The highest BCUT2D eigenvalue weighted by Gasteiger charge is 2.19. The van der Waals surface area contributed by atoms with Crippen LogP contribution in [0, 0.1) is 20.8 Å². The van der Waals surface area contributed by atoms with E-state index in [9.17, 15) is 4.79 Å². The lowest BCUT2D eigenvalue weighted by atomic mass is 9.96. The highest BCUT2D eigenvalue weighted by atomic mass is 16.5. The van der Waals surface area contributed by atoms with Crippen LogP contribution < -0.4 is 5.32 Å². The average Bonchev–Trinajstić information content (AvgIpc) is 3.01. The Morgan fingerprint density at radius 1 is 1.12 bits per heavy atom. The molecule has 0 aliphatic rings. The van der Waals surface area contributed by atoms with Crippen molar-refractivity contribution in [3.05, 3.63) is 82.5 Å². The summed E-state index contributed by atoms with van der Waals surface area (Å²) in [6.07, 6.45) is 3.65. The van der Waals surface area contributed by atoms with Gasteiger partial charge in [0.25, 0.3) is 0 Å². The lowest BCUT2D eigenvalue weighted by molar-refractivity contribution is -0.121. The lowest BCUT2D eigenvalue weighted by Gasteiger charge is -2.20. The Balaban J connectivity index is 1.86. The number of aromatic nitrogens is 2. The number of pyridine rings is 1. The Labute approximate surface area is 147 Å². The Bertz CT molecular complexity index is 872. The molecule has 5 nitrogen and oxygen atoms in total. The molecule has 0 aliphatic carbocycles. The molecule has 5 heteroatoms. The average molecular weight is 335 g/mol. The van der Waals surface area contributed by atoms with Crippen LogP contribution in [0.5, 0.6) is 0 Å². The molecule has 0 spiro atoms. The summed E-state index contributed by atoms with van der Waals surface area (Å²) in [6, 6.07) is 11.6. The number of amides is 1. The van der Waals surface area contributed by atoms with Gasteiger partial charge in [0, 0.05) is 18.5 Å². The maximum absolute atomic E-state index is 12.5. The molecular formula is C20H21N3O2. The van der Waals surface area contributed by atoms with Crippen molar-refractivity contribution in [3.8, 4) is 0 Å². The molecule has 1 atom stereocenters. The van der Waals surface area contributed by atoms with Gasteiger partial charge in [0.1, 0.15) is 5.76 Å². The zero-order chi connectivity index (χ0) is 17.8. The van der Waals surface area contributed by atoms with Crippen LogP contribution >= 0.6 is 0 Å². The quantitative estimate of drug-likeness (QED) is 0.775. The molecule has 1 aromatic carbocycles. The number of benzene rings is 1. The number of nitrogens with zero attached hydrogens (tertiary/aromatic N) is 2. The number of carbonyl (C=O) groups excluding carboxylic acids is 1. The van der Waals surface area contributed by atoms with E-state index in [0.29, 0.717) is 5.76 Å². The number of nitrogens with one attached hydrogen (secondary N) is 1. The second-order valence-corrected chi connectivity index (χ2v) is 6.24. The smallest absolute Gasteiger partial charge is 0.228 e. The van der Waals surface area contributed by atoms with Crippen LogP contribution in [0.25, 0.3) is 0 Å². The van der Waals surface area contributed by atoms with Crippen LogP contribution in [-0.4, -0.2) is 16.0 Å². The van der Waals surface area contributed by atoms with Gasteiger partial charge in [-0.1, -0.05) is 29.4 Å². The number of hydrogen-bond donors (Lipinski definition) is 1. The summed E-state index contributed by atoms with van der Waals surface area (Å²) in [6.45, 7) is 5.97. The van der Waals surface area contributed by atoms with E-state index in [4.69, 9.17) is 4.52 Å². The van der Waals surface area contributed by atoms with Gasteiger partial charge in [-0.2, -0.15) is 0 Å². The predicted octanol–water partition coefficient (Wildman–Crippen LogP) is 3.44. The number of hydrogen-bond acceptors (Lipinski definition) is 4. The van der Waals surface area contributed by atoms with Gasteiger partial charge < -0.3 is 9.84 Å². The molecule has 1 N–H and O–H groups in total. The molecule has 0 radical (unpaired) electrons. The van der Waals surface area contributed by atoms with Gasteiger partial charge >= 0.3 is 0 Å². The zero-order valence-electron chi connectivity index (χ0n) is 14.6. The number of carbonyl (C=O) groups is 1. The predicted molar refractivity (Wildman–Crippen MR) is 95.1 cm³/mol. The Hall–Kier alpha value is -2.95. The maximum Gasteiger partial charge on any atom is 0.228 e. The first-order chi connectivity index (χ1) is 12.0. The summed E-state index contributed by atoms with van der Waals surface area (Å²) in [4.78, 5) is 16.7. The summed E-state index contributed by atoms with van der Waals surface area (Å²) < 4.78 is 5.14. The van der Waals surface area contributed by atoms with Crippen LogP contribution in [0.3, 0.4) is 0 Å². The van der Waals surface area contributed by atoms with Crippen molar-refractivity contribution >= 4 is 5.91 Å². The van der Waals surface area contributed by atoms with Crippen molar-refractivity contribution in [3.63, 3.8) is 0 Å². The van der Waals surface area contributed by atoms with Gasteiger partial charge in [-0.25, -0.2) is 0 Å². The molecular weight excluding hydrogens is 314 g/mol. The normalized spacial score (nSPS) is 12.0. The molecule has 0 unspecified atom stereocenters. The van der Waals surface area contributed by atoms with Gasteiger partial charge in [-0.15, -0.1) is 0 Å². The third-order valence-corrected chi connectivity index (χ3v) is 4.20. The summed E-state index contributed by atoms with van der Waals surface area (Å²) in [5.41, 5.74) is 5.13. The summed E-state index contributed by atoms with van der Waals surface area (Å²) in [7, 11) is 0.